The number of hydrogen-bond donors (Lipinski definition) is 1. The Morgan fingerprint density at radius 3 is 2.78 bits per heavy atom. The summed E-state index contributed by atoms with van der Waals surface area (Å²) in [6.07, 6.45) is 0.818. The first kappa shape index (κ1) is 13.5. The van der Waals surface area contributed by atoms with E-state index in [-0.39, 0.29) is 0 Å². The van der Waals surface area contributed by atoms with Gasteiger partial charge in [-0.3, -0.25) is 0 Å². The highest BCUT2D eigenvalue weighted by atomic mass is 35.5. The molecule has 0 atom stereocenters. The van der Waals surface area contributed by atoms with Crippen LogP contribution in [0.2, 0.25) is 5.02 Å². The molecule has 0 spiro atoms. The van der Waals surface area contributed by atoms with Crippen LogP contribution in [0.3, 0.4) is 0 Å². The van der Waals surface area contributed by atoms with Crippen molar-refractivity contribution in [1.82, 2.24) is 4.98 Å². The van der Waals surface area contributed by atoms with Crippen LogP contribution in [-0.4, -0.2) is 11.5 Å². The standard InChI is InChI=1S/C13H15ClN2OS/c1-8-9(2)17-13(16-8)18-12-7-11(14)4-3-10(12)5-6-15/h3-4,7H,5-6,15H2,1-2H3. The van der Waals surface area contributed by atoms with E-state index in [0.29, 0.717) is 16.8 Å². The summed E-state index contributed by atoms with van der Waals surface area (Å²) in [5.41, 5.74) is 7.69. The lowest BCUT2D eigenvalue weighted by Crippen LogP contribution is -2.03. The Morgan fingerprint density at radius 1 is 1.39 bits per heavy atom. The number of hydrogen-bond acceptors (Lipinski definition) is 4. The summed E-state index contributed by atoms with van der Waals surface area (Å²) >= 11 is 7.51. The van der Waals surface area contributed by atoms with E-state index in [1.165, 1.54) is 17.3 Å². The van der Waals surface area contributed by atoms with Gasteiger partial charge in [-0.05, 0) is 56.3 Å². The first-order valence-electron chi connectivity index (χ1n) is 5.70. The van der Waals surface area contributed by atoms with Gasteiger partial charge in [0.25, 0.3) is 5.22 Å². The molecule has 0 bridgehead atoms. The topological polar surface area (TPSA) is 52.0 Å². The molecule has 96 valence electrons. The third-order valence-corrected chi connectivity index (χ3v) is 3.83. The molecule has 0 unspecified atom stereocenters. The maximum atomic E-state index is 6.02. The summed E-state index contributed by atoms with van der Waals surface area (Å²) < 4.78 is 5.57. The van der Waals surface area contributed by atoms with Crippen LogP contribution in [0.5, 0.6) is 0 Å². The van der Waals surface area contributed by atoms with Gasteiger partial charge in [-0.1, -0.05) is 17.7 Å². The number of nitrogens with zero attached hydrogens (tertiary/aromatic N) is 1. The minimum absolute atomic E-state index is 0.610. The molecule has 2 rings (SSSR count). The largest absolute Gasteiger partial charge is 0.436 e. The quantitative estimate of drug-likeness (QED) is 0.931. The molecule has 0 radical (unpaired) electrons. The maximum absolute atomic E-state index is 6.02. The molecule has 0 aliphatic rings. The van der Waals surface area contributed by atoms with E-state index in [1.807, 2.05) is 32.0 Å². The number of aryl methyl sites for hydroxylation is 2. The van der Waals surface area contributed by atoms with Gasteiger partial charge >= 0.3 is 0 Å². The molecule has 1 aromatic carbocycles. The molecule has 0 saturated carbocycles. The van der Waals surface area contributed by atoms with E-state index in [2.05, 4.69) is 4.98 Å². The van der Waals surface area contributed by atoms with Crippen LogP contribution in [0.15, 0.2) is 32.7 Å². The summed E-state index contributed by atoms with van der Waals surface area (Å²) in [5, 5.41) is 1.35. The molecule has 1 heterocycles. The van der Waals surface area contributed by atoms with Crippen molar-refractivity contribution in [2.24, 2.45) is 5.73 Å². The van der Waals surface area contributed by atoms with E-state index in [1.54, 1.807) is 0 Å². The van der Waals surface area contributed by atoms with Crippen molar-refractivity contribution in [1.29, 1.82) is 0 Å². The van der Waals surface area contributed by atoms with E-state index in [0.717, 1.165) is 22.8 Å². The number of benzene rings is 1. The van der Waals surface area contributed by atoms with Gasteiger partial charge in [0.2, 0.25) is 0 Å². The Kier molecular flexibility index (Phi) is 4.32. The van der Waals surface area contributed by atoms with E-state index in [9.17, 15) is 0 Å². The summed E-state index contributed by atoms with van der Waals surface area (Å²) in [7, 11) is 0. The van der Waals surface area contributed by atoms with Gasteiger partial charge in [-0.15, -0.1) is 0 Å². The number of halogens is 1. The lowest BCUT2D eigenvalue weighted by Gasteiger charge is -2.06. The monoisotopic (exact) mass is 282 g/mol. The van der Waals surface area contributed by atoms with Crippen LogP contribution in [-0.2, 0) is 6.42 Å². The molecule has 0 amide bonds. The van der Waals surface area contributed by atoms with Crippen LogP contribution >= 0.6 is 23.4 Å². The highest BCUT2D eigenvalue weighted by molar-refractivity contribution is 7.99. The number of nitrogens with two attached hydrogens (primary N) is 1. The third-order valence-electron chi connectivity index (χ3n) is 2.65. The maximum Gasteiger partial charge on any atom is 0.261 e. The third kappa shape index (κ3) is 3.07. The van der Waals surface area contributed by atoms with Crippen molar-refractivity contribution in [2.75, 3.05) is 6.54 Å². The average molecular weight is 283 g/mol. The first-order valence-corrected chi connectivity index (χ1v) is 6.90. The van der Waals surface area contributed by atoms with Gasteiger partial charge in [0, 0.05) is 9.92 Å². The Bertz CT molecular complexity index is 534. The molecule has 18 heavy (non-hydrogen) atoms. The first-order chi connectivity index (χ1) is 8.60. The van der Waals surface area contributed by atoms with E-state index < -0.39 is 0 Å². The van der Waals surface area contributed by atoms with Crippen molar-refractivity contribution >= 4 is 23.4 Å². The summed E-state index contributed by atoms with van der Waals surface area (Å²) in [6.45, 7) is 4.45. The second-order valence-corrected chi connectivity index (χ2v) is 5.44. The molecule has 0 aliphatic carbocycles. The number of oxazole rings is 1. The Balaban J connectivity index is 2.29. The average Bonchev–Trinajstić information content (AvgIpc) is 2.62. The van der Waals surface area contributed by atoms with Gasteiger partial charge in [0.05, 0.1) is 5.69 Å². The Labute approximate surface area is 116 Å². The van der Waals surface area contributed by atoms with Crippen LogP contribution < -0.4 is 5.73 Å². The lowest BCUT2D eigenvalue weighted by atomic mass is 10.1. The number of rotatable bonds is 4. The van der Waals surface area contributed by atoms with Crippen LogP contribution in [0.25, 0.3) is 0 Å². The van der Waals surface area contributed by atoms with Crippen molar-refractivity contribution in [3.05, 3.63) is 40.2 Å². The highest BCUT2D eigenvalue weighted by Gasteiger charge is 2.11. The van der Waals surface area contributed by atoms with Crippen molar-refractivity contribution in [3.63, 3.8) is 0 Å². The molecule has 0 aliphatic heterocycles. The van der Waals surface area contributed by atoms with Gasteiger partial charge in [-0.2, -0.15) is 0 Å². The molecular weight excluding hydrogens is 268 g/mol. The van der Waals surface area contributed by atoms with Crippen LogP contribution in [0.1, 0.15) is 17.0 Å². The molecular formula is C13H15ClN2OS. The molecule has 0 fully saturated rings. The molecule has 2 aromatic rings. The minimum atomic E-state index is 0.610. The van der Waals surface area contributed by atoms with Crippen molar-refractivity contribution in [3.8, 4) is 0 Å². The fraction of sp³-hybridized carbons (Fsp3) is 0.308. The zero-order chi connectivity index (χ0) is 13.1. The van der Waals surface area contributed by atoms with Gasteiger partial charge in [0.15, 0.2) is 0 Å². The zero-order valence-corrected chi connectivity index (χ0v) is 11.9. The fourth-order valence-corrected chi connectivity index (χ4v) is 2.83. The summed E-state index contributed by atoms with van der Waals surface area (Å²) in [5.74, 6) is 0.847. The Hall–Kier alpha value is -0.970. The highest BCUT2D eigenvalue weighted by Crippen LogP contribution is 2.33. The van der Waals surface area contributed by atoms with E-state index in [4.69, 9.17) is 21.8 Å². The second-order valence-electron chi connectivity index (χ2n) is 4.01. The predicted molar refractivity (Wildman–Crippen MR) is 74.3 cm³/mol. The summed E-state index contributed by atoms with van der Waals surface area (Å²) in [6, 6.07) is 5.80. The lowest BCUT2D eigenvalue weighted by molar-refractivity contribution is 0.431. The molecule has 2 N–H and O–H groups in total. The molecule has 0 saturated heterocycles. The Morgan fingerprint density at radius 2 is 2.17 bits per heavy atom. The second kappa shape index (κ2) is 5.78. The molecule has 3 nitrogen and oxygen atoms in total. The van der Waals surface area contributed by atoms with Crippen LogP contribution in [0, 0.1) is 13.8 Å². The van der Waals surface area contributed by atoms with Gasteiger partial charge in [0.1, 0.15) is 5.76 Å². The smallest absolute Gasteiger partial charge is 0.261 e. The van der Waals surface area contributed by atoms with Gasteiger partial charge in [-0.25, -0.2) is 4.98 Å². The minimum Gasteiger partial charge on any atom is -0.436 e. The van der Waals surface area contributed by atoms with Crippen molar-refractivity contribution < 1.29 is 4.42 Å². The zero-order valence-electron chi connectivity index (χ0n) is 10.4. The van der Waals surface area contributed by atoms with Crippen molar-refractivity contribution in [2.45, 2.75) is 30.4 Å². The molecule has 5 heteroatoms. The van der Waals surface area contributed by atoms with E-state index >= 15 is 0 Å². The normalized spacial score (nSPS) is 10.9. The van der Waals surface area contributed by atoms with Gasteiger partial charge < -0.3 is 10.2 Å². The predicted octanol–water partition coefficient (Wildman–Crippen LogP) is 3.60. The number of aromatic nitrogens is 1. The SMILES string of the molecule is Cc1nc(Sc2cc(Cl)ccc2CCN)oc1C. The van der Waals surface area contributed by atoms with Crippen LogP contribution in [0.4, 0.5) is 0 Å². The fourth-order valence-electron chi connectivity index (χ4n) is 1.57. The summed E-state index contributed by atoms with van der Waals surface area (Å²) in [4.78, 5) is 5.41. The molecule has 1 aromatic heterocycles.